The molecule has 8 heteroatoms. The Kier molecular flexibility index (Phi) is 4.83. The van der Waals surface area contributed by atoms with Gasteiger partial charge in [-0.2, -0.15) is 4.31 Å². The summed E-state index contributed by atoms with van der Waals surface area (Å²) in [7, 11) is -0.461. The van der Waals surface area contributed by atoms with Crippen LogP contribution in [0.1, 0.15) is 10.4 Å². The fraction of sp³-hybridized carbons (Fsp3) is 0.667. The molecule has 1 fully saturated rings. The van der Waals surface area contributed by atoms with Gasteiger partial charge in [0.1, 0.15) is 4.21 Å². The lowest BCUT2D eigenvalue weighted by Crippen LogP contribution is -2.29. The van der Waals surface area contributed by atoms with Gasteiger partial charge in [-0.3, -0.25) is 0 Å². The maximum atomic E-state index is 12.6. The van der Waals surface area contributed by atoms with Gasteiger partial charge in [0.15, 0.2) is 0 Å². The van der Waals surface area contributed by atoms with Gasteiger partial charge in [-0.15, -0.1) is 11.3 Å². The van der Waals surface area contributed by atoms with Crippen LogP contribution in [0.2, 0.25) is 0 Å². The molecule has 1 aromatic rings. The quantitative estimate of drug-likeness (QED) is 0.859. The molecule has 0 aromatic carbocycles. The highest BCUT2D eigenvalue weighted by Gasteiger charge is 2.40. The van der Waals surface area contributed by atoms with Crippen LogP contribution < -0.4 is 0 Å². The van der Waals surface area contributed by atoms with E-state index in [2.05, 4.69) is 0 Å². The summed E-state index contributed by atoms with van der Waals surface area (Å²) < 4.78 is 37.3. The van der Waals surface area contributed by atoms with Crippen molar-refractivity contribution in [3.05, 3.63) is 16.5 Å². The molecule has 2 atom stereocenters. The lowest BCUT2D eigenvalue weighted by Gasteiger charge is -2.14. The molecule has 0 radical (unpaired) electrons. The first-order valence-electron chi connectivity index (χ1n) is 6.20. The van der Waals surface area contributed by atoms with E-state index in [1.807, 2.05) is 0 Å². The van der Waals surface area contributed by atoms with E-state index in [-0.39, 0.29) is 36.1 Å². The molecule has 1 aliphatic heterocycles. The zero-order valence-electron chi connectivity index (χ0n) is 11.7. The van der Waals surface area contributed by atoms with Gasteiger partial charge in [0.2, 0.25) is 0 Å². The molecule has 0 aliphatic carbocycles. The zero-order valence-corrected chi connectivity index (χ0v) is 13.3. The Morgan fingerprint density at radius 2 is 1.90 bits per heavy atom. The predicted octanol–water partition coefficient (Wildman–Crippen LogP) is 0.583. The summed E-state index contributed by atoms with van der Waals surface area (Å²) in [5.74, 6) is 0. The smallest absolute Gasteiger partial charge is 0.252 e. The number of nitrogens with zero attached hydrogens (tertiary/aromatic N) is 1. The number of aliphatic hydroxyl groups excluding tert-OH is 1. The van der Waals surface area contributed by atoms with Crippen molar-refractivity contribution in [3.8, 4) is 0 Å². The number of ether oxygens (including phenoxy) is 2. The minimum absolute atomic E-state index is 0.145. The summed E-state index contributed by atoms with van der Waals surface area (Å²) in [4.78, 5) is 0.675. The summed E-state index contributed by atoms with van der Waals surface area (Å²) >= 11 is 1.11. The van der Waals surface area contributed by atoms with Crippen LogP contribution in [-0.4, -0.2) is 57.3 Å². The van der Waals surface area contributed by atoms with E-state index in [4.69, 9.17) is 9.47 Å². The first kappa shape index (κ1) is 15.9. The van der Waals surface area contributed by atoms with Crippen molar-refractivity contribution >= 4 is 21.4 Å². The van der Waals surface area contributed by atoms with E-state index in [0.29, 0.717) is 4.88 Å². The molecule has 20 heavy (non-hydrogen) atoms. The number of hydrogen-bond acceptors (Lipinski definition) is 6. The summed E-state index contributed by atoms with van der Waals surface area (Å²) in [6, 6.07) is 1.60. The van der Waals surface area contributed by atoms with Crippen molar-refractivity contribution in [2.75, 3.05) is 27.3 Å². The average Bonchev–Trinajstić information content (AvgIpc) is 3.01. The third-order valence-electron chi connectivity index (χ3n) is 3.52. The molecular weight excluding hydrogens is 302 g/mol. The number of sulfonamides is 1. The molecule has 6 nitrogen and oxygen atoms in total. The van der Waals surface area contributed by atoms with E-state index in [9.17, 15) is 13.5 Å². The number of methoxy groups -OCH3 is 2. The molecule has 2 unspecified atom stereocenters. The number of hydrogen-bond donors (Lipinski definition) is 1. The van der Waals surface area contributed by atoms with Crippen LogP contribution in [0.3, 0.4) is 0 Å². The highest BCUT2D eigenvalue weighted by molar-refractivity contribution is 7.91. The van der Waals surface area contributed by atoms with E-state index >= 15 is 0 Å². The van der Waals surface area contributed by atoms with Crippen LogP contribution in [0, 0.1) is 6.92 Å². The molecular formula is C12H19NO5S2. The lowest BCUT2D eigenvalue weighted by molar-refractivity contribution is -0.00461. The van der Waals surface area contributed by atoms with Crippen LogP contribution in [0.25, 0.3) is 0 Å². The van der Waals surface area contributed by atoms with Gasteiger partial charge in [-0.25, -0.2) is 8.42 Å². The molecule has 0 bridgehead atoms. The fourth-order valence-electron chi connectivity index (χ4n) is 2.26. The third kappa shape index (κ3) is 2.76. The summed E-state index contributed by atoms with van der Waals surface area (Å²) in [5.41, 5.74) is 0.793. The maximum Gasteiger partial charge on any atom is 0.252 e. The second-order valence-corrected chi connectivity index (χ2v) is 8.00. The van der Waals surface area contributed by atoms with E-state index in [1.165, 1.54) is 4.31 Å². The van der Waals surface area contributed by atoms with Crippen LogP contribution in [0.5, 0.6) is 0 Å². The van der Waals surface area contributed by atoms with Gasteiger partial charge in [0.25, 0.3) is 10.0 Å². The molecule has 2 heterocycles. The highest BCUT2D eigenvalue weighted by Crippen LogP contribution is 2.31. The summed E-state index contributed by atoms with van der Waals surface area (Å²) in [6.45, 7) is 2.21. The molecule has 1 aliphatic rings. The number of aliphatic hydroxyl groups is 1. The summed E-state index contributed by atoms with van der Waals surface area (Å²) in [6.07, 6.45) is -0.513. The first-order chi connectivity index (χ1) is 9.43. The van der Waals surface area contributed by atoms with Crippen molar-refractivity contribution < 1.29 is 23.0 Å². The zero-order chi connectivity index (χ0) is 14.9. The van der Waals surface area contributed by atoms with Gasteiger partial charge in [-0.05, 0) is 18.6 Å². The van der Waals surface area contributed by atoms with Gasteiger partial charge in [-0.1, -0.05) is 0 Å². The van der Waals surface area contributed by atoms with Crippen molar-refractivity contribution in [3.63, 3.8) is 0 Å². The van der Waals surface area contributed by atoms with Gasteiger partial charge >= 0.3 is 0 Å². The van der Waals surface area contributed by atoms with Gasteiger partial charge < -0.3 is 14.6 Å². The lowest BCUT2D eigenvalue weighted by atomic mass is 10.3. The Balaban J connectivity index is 2.27. The van der Waals surface area contributed by atoms with Crippen molar-refractivity contribution in [2.24, 2.45) is 0 Å². The first-order valence-corrected chi connectivity index (χ1v) is 8.45. The third-order valence-corrected chi connectivity index (χ3v) is 7.03. The number of aryl methyl sites for hydroxylation is 1. The largest absolute Gasteiger partial charge is 0.391 e. The minimum atomic E-state index is -3.56. The number of thiophene rings is 1. The van der Waals surface area contributed by atoms with Crippen molar-refractivity contribution in [1.82, 2.24) is 4.31 Å². The molecule has 1 aromatic heterocycles. The van der Waals surface area contributed by atoms with Crippen molar-refractivity contribution in [1.29, 1.82) is 0 Å². The molecule has 0 spiro atoms. The molecule has 2 rings (SSSR count). The average molecular weight is 321 g/mol. The van der Waals surface area contributed by atoms with Gasteiger partial charge in [0, 0.05) is 32.2 Å². The summed E-state index contributed by atoms with van der Waals surface area (Å²) in [5, 5.41) is 9.19. The highest BCUT2D eigenvalue weighted by atomic mass is 32.2. The second-order valence-electron chi connectivity index (χ2n) is 4.70. The van der Waals surface area contributed by atoms with Crippen LogP contribution in [0.15, 0.2) is 10.3 Å². The molecule has 1 saturated heterocycles. The molecule has 0 saturated carbocycles. The van der Waals surface area contributed by atoms with Gasteiger partial charge in [0.05, 0.1) is 18.8 Å². The topological polar surface area (TPSA) is 76.1 Å². The van der Waals surface area contributed by atoms with Crippen LogP contribution in [0.4, 0.5) is 0 Å². The molecule has 0 amide bonds. The van der Waals surface area contributed by atoms with E-state index in [0.717, 1.165) is 16.9 Å². The minimum Gasteiger partial charge on any atom is -0.391 e. The Morgan fingerprint density at radius 1 is 1.35 bits per heavy atom. The standard InChI is InChI=1S/C12H19NO5S2/c1-8-4-12(19-11(8)7-14)20(15,16)13-5-9(17-2)10(6-13)18-3/h4,9-10,14H,5-7H2,1-3H3. The fourth-order valence-corrected chi connectivity index (χ4v) is 5.33. The Morgan fingerprint density at radius 3 is 2.30 bits per heavy atom. The SMILES string of the molecule is COC1CN(S(=O)(=O)c2cc(C)c(CO)s2)CC1OC. The second kappa shape index (κ2) is 6.08. The maximum absolute atomic E-state index is 12.6. The Bertz CT molecular complexity index is 556. The Labute approximate surface area is 123 Å². The number of rotatable bonds is 5. The molecule has 1 N–H and O–H groups in total. The Hall–Kier alpha value is -0.510. The normalized spacial score (nSPS) is 24.4. The van der Waals surface area contributed by atoms with Crippen molar-refractivity contribution in [2.45, 2.75) is 29.9 Å². The van der Waals surface area contributed by atoms with Crippen LogP contribution >= 0.6 is 11.3 Å². The molecule has 114 valence electrons. The predicted molar refractivity (Wildman–Crippen MR) is 75.3 cm³/mol. The van der Waals surface area contributed by atoms with E-state index in [1.54, 1.807) is 27.2 Å². The van der Waals surface area contributed by atoms with Crippen LogP contribution in [-0.2, 0) is 26.1 Å². The monoisotopic (exact) mass is 321 g/mol. The van der Waals surface area contributed by atoms with E-state index < -0.39 is 10.0 Å².